The van der Waals surface area contributed by atoms with Crippen LogP contribution in [0.3, 0.4) is 0 Å². The summed E-state index contributed by atoms with van der Waals surface area (Å²) in [5.41, 5.74) is 1.07. The van der Waals surface area contributed by atoms with Gasteiger partial charge in [-0.2, -0.15) is 0 Å². The van der Waals surface area contributed by atoms with Gasteiger partial charge in [0.2, 0.25) is 0 Å². The Kier molecular flexibility index (Phi) is 5.12. The molecule has 0 saturated carbocycles. The topological polar surface area (TPSA) is 28.2 Å². The van der Waals surface area contributed by atoms with Crippen molar-refractivity contribution < 1.29 is 0 Å². The van der Waals surface area contributed by atoms with Gasteiger partial charge in [0.1, 0.15) is 5.82 Å². The molecule has 3 heteroatoms. The van der Waals surface area contributed by atoms with Gasteiger partial charge in [-0.15, -0.1) is 0 Å². The molecule has 3 nitrogen and oxygen atoms in total. The van der Waals surface area contributed by atoms with Crippen LogP contribution < -0.4 is 10.2 Å². The third kappa shape index (κ3) is 4.30. The number of aromatic nitrogens is 1. The Bertz CT molecular complexity index is 286. The largest absolute Gasteiger partial charge is 0.358 e. The summed E-state index contributed by atoms with van der Waals surface area (Å²) in [4.78, 5) is 6.65. The Morgan fingerprint density at radius 1 is 1.33 bits per heavy atom. The smallest absolute Gasteiger partial charge is 0.128 e. The second-order valence-corrected chi connectivity index (χ2v) is 3.81. The molecule has 0 saturated heterocycles. The quantitative estimate of drug-likeness (QED) is 0.721. The van der Waals surface area contributed by atoms with E-state index in [0.29, 0.717) is 0 Å². The zero-order valence-corrected chi connectivity index (χ0v) is 9.95. The Morgan fingerprint density at radius 3 is 2.80 bits per heavy atom. The highest BCUT2D eigenvalue weighted by Crippen LogP contribution is 2.07. The fraction of sp³-hybridized carbons (Fsp3) is 0.583. The minimum absolute atomic E-state index is 0.996. The van der Waals surface area contributed by atoms with Gasteiger partial charge in [0.25, 0.3) is 0 Å². The van der Waals surface area contributed by atoms with Crippen molar-refractivity contribution in [3.05, 3.63) is 23.9 Å². The first-order chi connectivity index (χ1) is 7.24. The molecule has 84 valence electrons. The standard InChI is InChI=1S/C12H21N3/c1-4-8-13-9-10-15(3)12-7-5-6-11(2)14-12/h5-7,13H,4,8-10H2,1-3H3. The molecule has 1 N–H and O–H groups in total. The van der Waals surface area contributed by atoms with E-state index >= 15 is 0 Å². The van der Waals surface area contributed by atoms with Gasteiger partial charge in [0.15, 0.2) is 0 Å². The zero-order valence-electron chi connectivity index (χ0n) is 9.95. The van der Waals surface area contributed by atoms with Crippen molar-refractivity contribution in [1.82, 2.24) is 10.3 Å². The molecule has 15 heavy (non-hydrogen) atoms. The highest BCUT2D eigenvalue weighted by Gasteiger charge is 2.00. The summed E-state index contributed by atoms with van der Waals surface area (Å²) in [7, 11) is 2.08. The van der Waals surface area contributed by atoms with Gasteiger partial charge in [0.05, 0.1) is 0 Å². The summed E-state index contributed by atoms with van der Waals surface area (Å²) in [6, 6.07) is 6.12. The number of likely N-dealkylation sites (N-methyl/N-ethyl adjacent to an activating group) is 1. The molecule has 1 aromatic rings. The Balaban J connectivity index is 2.36. The number of rotatable bonds is 6. The van der Waals surface area contributed by atoms with E-state index in [9.17, 15) is 0 Å². The Hall–Kier alpha value is -1.09. The van der Waals surface area contributed by atoms with Gasteiger partial charge in [-0.3, -0.25) is 0 Å². The van der Waals surface area contributed by atoms with Crippen molar-refractivity contribution in [2.24, 2.45) is 0 Å². The number of nitrogens with one attached hydrogen (secondary N) is 1. The van der Waals surface area contributed by atoms with Gasteiger partial charge >= 0.3 is 0 Å². The number of pyridine rings is 1. The van der Waals surface area contributed by atoms with Crippen molar-refractivity contribution in [3.63, 3.8) is 0 Å². The second-order valence-electron chi connectivity index (χ2n) is 3.81. The highest BCUT2D eigenvalue weighted by molar-refractivity contribution is 5.37. The van der Waals surface area contributed by atoms with E-state index in [1.54, 1.807) is 0 Å². The van der Waals surface area contributed by atoms with Crippen LogP contribution in [-0.4, -0.2) is 31.7 Å². The van der Waals surface area contributed by atoms with Gasteiger partial charge in [-0.25, -0.2) is 4.98 Å². The Labute approximate surface area is 92.5 Å². The van der Waals surface area contributed by atoms with Crippen molar-refractivity contribution in [2.75, 3.05) is 31.6 Å². The highest BCUT2D eigenvalue weighted by atomic mass is 15.2. The molecule has 0 atom stereocenters. The first-order valence-electron chi connectivity index (χ1n) is 5.59. The van der Waals surface area contributed by atoms with Crippen LogP contribution in [0.1, 0.15) is 19.0 Å². The monoisotopic (exact) mass is 207 g/mol. The minimum Gasteiger partial charge on any atom is -0.358 e. The molecule has 1 aromatic heterocycles. The summed E-state index contributed by atoms with van der Waals surface area (Å²) < 4.78 is 0. The fourth-order valence-corrected chi connectivity index (χ4v) is 1.40. The van der Waals surface area contributed by atoms with Crippen LogP contribution in [-0.2, 0) is 0 Å². The molecule has 0 unspecified atom stereocenters. The molecule has 0 aliphatic rings. The van der Waals surface area contributed by atoms with Crippen molar-refractivity contribution in [2.45, 2.75) is 20.3 Å². The number of hydrogen-bond acceptors (Lipinski definition) is 3. The van der Waals surface area contributed by atoms with Crippen LogP contribution in [0.25, 0.3) is 0 Å². The lowest BCUT2D eigenvalue weighted by molar-refractivity contribution is 0.664. The first-order valence-corrected chi connectivity index (χ1v) is 5.59. The van der Waals surface area contributed by atoms with Gasteiger partial charge < -0.3 is 10.2 Å². The first kappa shape index (κ1) is 12.0. The number of aryl methyl sites for hydroxylation is 1. The number of hydrogen-bond donors (Lipinski definition) is 1. The molecular formula is C12H21N3. The minimum atomic E-state index is 0.996. The Morgan fingerprint density at radius 2 is 2.13 bits per heavy atom. The zero-order chi connectivity index (χ0) is 11.1. The third-order valence-electron chi connectivity index (χ3n) is 2.32. The SMILES string of the molecule is CCCNCCN(C)c1cccc(C)n1. The van der Waals surface area contributed by atoms with Crippen LogP contribution in [0, 0.1) is 6.92 Å². The predicted molar refractivity (Wildman–Crippen MR) is 65.4 cm³/mol. The van der Waals surface area contributed by atoms with Crippen LogP contribution in [0.15, 0.2) is 18.2 Å². The van der Waals surface area contributed by atoms with Crippen molar-refractivity contribution in [1.29, 1.82) is 0 Å². The molecule has 1 rings (SSSR count). The molecule has 1 heterocycles. The normalized spacial score (nSPS) is 10.3. The maximum Gasteiger partial charge on any atom is 0.128 e. The molecular weight excluding hydrogens is 186 g/mol. The number of nitrogens with zero attached hydrogens (tertiary/aromatic N) is 2. The van der Waals surface area contributed by atoms with Gasteiger partial charge in [-0.05, 0) is 32.0 Å². The van der Waals surface area contributed by atoms with E-state index in [0.717, 1.165) is 31.1 Å². The van der Waals surface area contributed by atoms with E-state index in [1.807, 2.05) is 25.1 Å². The molecule has 0 fully saturated rings. The average molecular weight is 207 g/mol. The third-order valence-corrected chi connectivity index (χ3v) is 2.32. The molecule has 0 amide bonds. The summed E-state index contributed by atoms with van der Waals surface area (Å²) in [6.45, 7) is 7.30. The van der Waals surface area contributed by atoms with Gasteiger partial charge in [-0.1, -0.05) is 13.0 Å². The summed E-state index contributed by atoms with van der Waals surface area (Å²) in [6.07, 6.45) is 1.19. The second kappa shape index (κ2) is 6.40. The summed E-state index contributed by atoms with van der Waals surface area (Å²) >= 11 is 0. The van der Waals surface area contributed by atoms with E-state index in [4.69, 9.17) is 0 Å². The molecule has 0 aliphatic heterocycles. The predicted octanol–water partition coefficient (Wildman–Crippen LogP) is 1.83. The van der Waals surface area contributed by atoms with Crippen molar-refractivity contribution >= 4 is 5.82 Å². The van der Waals surface area contributed by atoms with Gasteiger partial charge in [0, 0.05) is 25.8 Å². The maximum absolute atomic E-state index is 4.47. The fourth-order valence-electron chi connectivity index (χ4n) is 1.40. The number of anilines is 1. The molecule has 0 aromatic carbocycles. The lowest BCUT2D eigenvalue weighted by atomic mass is 10.3. The molecule has 0 spiro atoms. The van der Waals surface area contributed by atoms with Crippen LogP contribution in [0.5, 0.6) is 0 Å². The van der Waals surface area contributed by atoms with Crippen LogP contribution in [0.2, 0.25) is 0 Å². The van der Waals surface area contributed by atoms with E-state index in [1.165, 1.54) is 6.42 Å². The van der Waals surface area contributed by atoms with E-state index < -0.39 is 0 Å². The van der Waals surface area contributed by atoms with E-state index in [-0.39, 0.29) is 0 Å². The van der Waals surface area contributed by atoms with E-state index in [2.05, 4.69) is 29.2 Å². The van der Waals surface area contributed by atoms with Crippen LogP contribution >= 0.6 is 0 Å². The van der Waals surface area contributed by atoms with Crippen molar-refractivity contribution in [3.8, 4) is 0 Å². The molecule has 0 aliphatic carbocycles. The van der Waals surface area contributed by atoms with Crippen LogP contribution in [0.4, 0.5) is 5.82 Å². The molecule has 0 bridgehead atoms. The maximum atomic E-state index is 4.47. The average Bonchev–Trinajstić information content (AvgIpc) is 2.24. The summed E-state index contributed by atoms with van der Waals surface area (Å²) in [5.74, 6) is 1.05. The lowest BCUT2D eigenvalue weighted by Gasteiger charge is -2.18. The molecule has 0 radical (unpaired) electrons. The summed E-state index contributed by atoms with van der Waals surface area (Å²) in [5, 5.41) is 3.38. The lowest BCUT2D eigenvalue weighted by Crippen LogP contribution is -2.30.